The van der Waals surface area contributed by atoms with Crippen LogP contribution in [0.1, 0.15) is 53.5 Å². The molecule has 1 aliphatic rings. The maximum absolute atomic E-state index is 12.2. The van der Waals surface area contributed by atoms with Crippen LogP contribution in [0.3, 0.4) is 0 Å². The molecule has 1 saturated carbocycles. The summed E-state index contributed by atoms with van der Waals surface area (Å²) in [5.41, 5.74) is 5.77. The Morgan fingerprint density at radius 2 is 1.86 bits per heavy atom. The molecule has 1 aliphatic carbocycles. The van der Waals surface area contributed by atoms with Gasteiger partial charge >= 0.3 is 5.97 Å². The summed E-state index contributed by atoms with van der Waals surface area (Å²) in [6.07, 6.45) is 2.24. The zero-order chi connectivity index (χ0) is 20.8. The van der Waals surface area contributed by atoms with Crippen molar-refractivity contribution in [3.05, 3.63) is 70.3 Å². The minimum Gasteiger partial charge on any atom is -0.464 e. The van der Waals surface area contributed by atoms with Gasteiger partial charge in [0.2, 0.25) is 0 Å². The molecule has 3 rings (SSSR count). The maximum Gasteiger partial charge on any atom is 0.360 e. The van der Waals surface area contributed by atoms with Gasteiger partial charge in [-0.2, -0.15) is 0 Å². The van der Waals surface area contributed by atoms with Gasteiger partial charge in [0.15, 0.2) is 5.71 Å². The number of nitrogens with zero attached hydrogens (tertiary/aromatic N) is 2. The van der Waals surface area contributed by atoms with Crippen molar-refractivity contribution in [1.82, 2.24) is 0 Å². The quantitative estimate of drug-likeness (QED) is 0.379. The van der Waals surface area contributed by atoms with E-state index in [1.165, 1.54) is 14.2 Å². The molecule has 1 fully saturated rings. The van der Waals surface area contributed by atoms with Crippen LogP contribution in [0.4, 0.5) is 0 Å². The Balaban J connectivity index is 1.90. The molecule has 2 aromatic carbocycles. The number of ether oxygens (including phenoxy) is 1. The summed E-state index contributed by atoms with van der Waals surface area (Å²) in [5, 5.41) is 8.19. The third-order valence-electron chi connectivity index (χ3n) is 4.89. The minimum atomic E-state index is -0.555. The van der Waals surface area contributed by atoms with E-state index < -0.39 is 5.97 Å². The summed E-state index contributed by atoms with van der Waals surface area (Å²) in [6, 6.07) is 13.9. The van der Waals surface area contributed by atoms with Crippen molar-refractivity contribution in [3.8, 4) is 0 Å². The molecule has 0 amide bonds. The van der Waals surface area contributed by atoms with Gasteiger partial charge in [0.05, 0.1) is 12.8 Å². The lowest BCUT2D eigenvalue weighted by Gasteiger charge is -2.14. The van der Waals surface area contributed by atoms with E-state index >= 15 is 0 Å². The number of carbonyl (C=O) groups excluding carboxylic acids is 1. The lowest BCUT2D eigenvalue weighted by molar-refractivity contribution is -0.132. The predicted octanol–water partition coefficient (Wildman–Crippen LogP) is 4.34. The molecule has 152 valence electrons. The number of methoxy groups -OCH3 is 1. The van der Waals surface area contributed by atoms with Gasteiger partial charge in [0.25, 0.3) is 0 Å². The highest BCUT2D eigenvalue weighted by Gasteiger charge is 2.29. The molecule has 2 aromatic rings. The van der Waals surface area contributed by atoms with Gasteiger partial charge < -0.3 is 14.4 Å². The van der Waals surface area contributed by atoms with E-state index in [1.807, 2.05) is 44.2 Å². The third-order valence-corrected chi connectivity index (χ3v) is 4.89. The second kappa shape index (κ2) is 9.37. The lowest BCUT2D eigenvalue weighted by Crippen LogP contribution is -2.20. The summed E-state index contributed by atoms with van der Waals surface area (Å²) >= 11 is 0. The summed E-state index contributed by atoms with van der Waals surface area (Å²) in [6.45, 7) is 4.18. The number of benzene rings is 2. The second-order valence-corrected chi connectivity index (χ2v) is 7.08. The topological polar surface area (TPSA) is 69.5 Å². The van der Waals surface area contributed by atoms with Gasteiger partial charge in [-0.1, -0.05) is 58.3 Å². The third kappa shape index (κ3) is 5.02. The van der Waals surface area contributed by atoms with Crippen molar-refractivity contribution in [2.24, 2.45) is 10.3 Å². The van der Waals surface area contributed by atoms with Gasteiger partial charge in [-0.3, -0.25) is 0 Å². The molecule has 6 nitrogen and oxygen atoms in total. The van der Waals surface area contributed by atoms with Crippen molar-refractivity contribution in [3.63, 3.8) is 0 Å². The highest BCUT2D eigenvalue weighted by Crippen LogP contribution is 2.42. The highest BCUT2D eigenvalue weighted by molar-refractivity contribution is 6.43. The van der Waals surface area contributed by atoms with E-state index in [1.54, 1.807) is 0 Å². The van der Waals surface area contributed by atoms with Crippen LogP contribution in [0.2, 0.25) is 0 Å². The number of oxime groups is 2. The van der Waals surface area contributed by atoms with Crippen molar-refractivity contribution in [1.29, 1.82) is 0 Å². The van der Waals surface area contributed by atoms with E-state index in [0.717, 1.165) is 40.8 Å². The van der Waals surface area contributed by atoms with Crippen LogP contribution in [0.15, 0.2) is 52.8 Å². The van der Waals surface area contributed by atoms with Crippen molar-refractivity contribution >= 4 is 17.4 Å². The number of hydrogen-bond donors (Lipinski definition) is 0. The molecular formula is C23H26N2O4. The van der Waals surface area contributed by atoms with Gasteiger partial charge in [0.1, 0.15) is 13.7 Å². The summed E-state index contributed by atoms with van der Waals surface area (Å²) in [5.74, 6) is -0.0858. The summed E-state index contributed by atoms with van der Waals surface area (Å²) in [7, 11) is 2.73. The lowest BCUT2D eigenvalue weighted by atomic mass is 9.95. The SMILES string of the molecule is CO/N=C(/C(=O)OC)c1cccc(C2CC2)c1CO/N=C(\C)c1cccc(C)c1. The Labute approximate surface area is 171 Å². The molecule has 0 heterocycles. The Morgan fingerprint density at radius 3 is 2.52 bits per heavy atom. The van der Waals surface area contributed by atoms with Crippen LogP contribution >= 0.6 is 0 Å². The van der Waals surface area contributed by atoms with Crippen molar-refractivity contribution in [2.75, 3.05) is 14.2 Å². The highest BCUT2D eigenvalue weighted by atomic mass is 16.6. The average molecular weight is 394 g/mol. The molecule has 0 aliphatic heterocycles. The van der Waals surface area contributed by atoms with Crippen LogP contribution in [0, 0.1) is 6.92 Å². The number of hydrogen-bond acceptors (Lipinski definition) is 6. The molecular weight excluding hydrogens is 368 g/mol. The van der Waals surface area contributed by atoms with Crippen molar-refractivity contribution < 1.29 is 19.2 Å². The standard InChI is InChI=1S/C23H26N2O4/c1-15-7-5-8-18(13-15)16(2)24-29-14-21-19(17-11-12-17)9-6-10-20(21)22(25-28-4)23(26)27-3/h5-10,13,17H,11-12,14H2,1-4H3/b24-16+,25-22+. The summed E-state index contributed by atoms with van der Waals surface area (Å²) < 4.78 is 4.88. The molecule has 0 unspecified atom stereocenters. The molecule has 0 radical (unpaired) electrons. The van der Waals surface area contributed by atoms with Crippen LogP contribution in [0.25, 0.3) is 0 Å². The monoisotopic (exact) mass is 394 g/mol. The number of carbonyl (C=O) groups is 1. The smallest absolute Gasteiger partial charge is 0.360 e. The van der Waals surface area contributed by atoms with Crippen LogP contribution in [0.5, 0.6) is 0 Å². The van der Waals surface area contributed by atoms with Crippen LogP contribution in [-0.2, 0) is 25.8 Å². The van der Waals surface area contributed by atoms with Gasteiger partial charge in [-0.15, -0.1) is 0 Å². The first-order chi connectivity index (χ1) is 14.0. The molecule has 0 aromatic heterocycles. The van der Waals surface area contributed by atoms with Gasteiger partial charge in [-0.05, 0) is 43.7 Å². The molecule has 0 saturated heterocycles. The van der Waals surface area contributed by atoms with E-state index in [0.29, 0.717) is 11.5 Å². The molecule has 0 spiro atoms. The fourth-order valence-electron chi connectivity index (χ4n) is 3.27. The fourth-order valence-corrected chi connectivity index (χ4v) is 3.27. The number of rotatable bonds is 8. The molecule has 0 atom stereocenters. The number of esters is 1. The van der Waals surface area contributed by atoms with E-state index in [2.05, 4.69) is 22.4 Å². The fraction of sp³-hybridized carbons (Fsp3) is 0.348. The first-order valence-electron chi connectivity index (χ1n) is 9.60. The Morgan fingerprint density at radius 1 is 1.10 bits per heavy atom. The van der Waals surface area contributed by atoms with Crippen molar-refractivity contribution in [2.45, 2.75) is 39.2 Å². The first-order valence-corrected chi connectivity index (χ1v) is 9.60. The van der Waals surface area contributed by atoms with Gasteiger partial charge in [0, 0.05) is 11.1 Å². The Hall–Kier alpha value is -3.15. The maximum atomic E-state index is 12.2. The molecule has 0 N–H and O–H groups in total. The predicted molar refractivity (Wildman–Crippen MR) is 112 cm³/mol. The summed E-state index contributed by atoms with van der Waals surface area (Å²) in [4.78, 5) is 22.8. The van der Waals surface area contributed by atoms with Gasteiger partial charge in [-0.25, -0.2) is 4.79 Å². The normalized spacial score (nSPS) is 14.5. The van der Waals surface area contributed by atoms with Crippen LogP contribution in [-0.4, -0.2) is 31.6 Å². The van der Waals surface area contributed by atoms with E-state index in [9.17, 15) is 4.79 Å². The number of aryl methyl sites for hydroxylation is 1. The first kappa shape index (κ1) is 20.6. The minimum absolute atomic E-state index is 0.121. The van der Waals surface area contributed by atoms with E-state index in [-0.39, 0.29) is 12.3 Å². The molecule has 6 heteroatoms. The Kier molecular flexibility index (Phi) is 6.65. The van der Waals surface area contributed by atoms with E-state index in [4.69, 9.17) is 14.4 Å². The average Bonchev–Trinajstić information content (AvgIpc) is 3.57. The molecule has 29 heavy (non-hydrogen) atoms. The second-order valence-electron chi connectivity index (χ2n) is 7.08. The van der Waals surface area contributed by atoms with Crippen LogP contribution < -0.4 is 0 Å². The zero-order valence-electron chi connectivity index (χ0n) is 17.3. The Bertz CT molecular complexity index is 946. The zero-order valence-corrected chi connectivity index (χ0v) is 17.3. The largest absolute Gasteiger partial charge is 0.464 e. The molecule has 0 bridgehead atoms.